The van der Waals surface area contributed by atoms with Crippen LogP contribution in [0.3, 0.4) is 0 Å². The number of hydrogen-bond donors (Lipinski definition) is 1. The fourth-order valence-electron chi connectivity index (χ4n) is 3.37. The number of nitrogens with one attached hydrogen (secondary N) is 1. The van der Waals surface area contributed by atoms with Gasteiger partial charge in [0.1, 0.15) is 0 Å². The average molecular weight is 402 g/mol. The summed E-state index contributed by atoms with van der Waals surface area (Å²) in [5, 5.41) is 5.99. The molecule has 1 aromatic heterocycles. The first-order chi connectivity index (χ1) is 14.1. The number of para-hydroxylation sites is 1. The molecule has 0 aliphatic rings. The molecular formula is C24H20ClN3O. The Labute approximate surface area is 174 Å². The molecule has 0 atom stereocenters. The van der Waals surface area contributed by atoms with E-state index in [0.29, 0.717) is 12.1 Å². The zero-order chi connectivity index (χ0) is 20.2. The fourth-order valence-corrected chi connectivity index (χ4v) is 3.56. The Morgan fingerprint density at radius 2 is 1.76 bits per heavy atom. The van der Waals surface area contributed by atoms with E-state index in [1.807, 2.05) is 73.8 Å². The lowest BCUT2D eigenvalue weighted by Gasteiger charge is -2.07. The molecule has 0 radical (unpaired) electrons. The number of benzene rings is 3. The van der Waals surface area contributed by atoms with E-state index in [9.17, 15) is 4.79 Å². The second-order valence-electron chi connectivity index (χ2n) is 6.83. The average Bonchev–Trinajstić information content (AvgIpc) is 3.08. The number of rotatable bonds is 5. The summed E-state index contributed by atoms with van der Waals surface area (Å²) in [7, 11) is 0. The first kappa shape index (κ1) is 19.0. The van der Waals surface area contributed by atoms with Crippen molar-refractivity contribution in [1.29, 1.82) is 0 Å². The molecule has 0 aliphatic heterocycles. The van der Waals surface area contributed by atoms with Crippen LogP contribution in [-0.2, 0) is 6.54 Å². The third-order valence-electron chi connectivity index (χ3n) is 4.88. The molecule has 1 heterocycles. The molecule has 144 valence electrons. The van der Waals surface area contributed by atoms with Crippen LogP contribution in [0.25, 0.3) is 10.9 Å². The van der Waals surface area contributed by atoms with Gasteiger partial charge in [-0.3, -0.25) is 4.79 Å². The molecule has 1 amide bonds. The van der Waals surface area contributed by atoms with Crippen molar-refractivity contribution < 1.29 is 4.79 Å². The van der Waals surface area contributed by atoms with Gasteiger partial charge in [0.05, 0.1) is 6.21 Å². The van der Waals surface area contributed by atoms with Gasteiger partial charge in [0.15, 0.2) is 0 Å². The Morgan fingerprint density at radius 3 is 2.59 bits per heavy atom. The highest BCUT2D eigenvalue weighted by atomic mass is 35.5. The van der Waals surface area contributed by atoms with E-state index in [2.05, 4.69) is 21.2 Å². The molecule has 0 bridgehead atoms. The van der Waals surface area contributed by atoms with Crippen molar-refractivity contribution in [2.45, 2.75) is 13.5 Å². The van der Waals surface area contributed by atoms with Crippen LogP contribution in [0.2, 0.25) is 5.02 Å². The lowest BCUT2D eigenvalue weighted by molar-refractivity contribution is 0.0954. The van der Waals surface area contributed by atoms with Crippen LogP contribution < -0.4 is 5.43 Å². The lowest BCUT2D eigenvalue weighted by atomic mass is 10.1. The summed E-state index contributed by atoms with van der Waals surface area (Å²) in [4.78, 5) is 12.4. The van der Waals surface area contributed by atoms with Crippen molar-refractivity contribution in [3.63, 3.8) is 0 Å². The highest BCUT2D eigenvalue weighted by Gasteiger charge is 2.10. The molecule has 0 fully saturated rings. The summed E-state index contributed by atoms with van der Waals surface area (Å²) in [6.07, 6.45) is 3.71. The number of hydrogen-bond acceptors (Lipinski definition) is 2. The van der Waals surface area contributed by atoms with Gasteiger partial charge < -0.3 is 4.57 Å². The van der Waals surface area contributed by atoms with E-state index in [0.717, 1.165) is 32.6 Å². The van der Waals surface area contributed by atoms with Crippen molar-refractivity contribution in [3.05, 3.63) is 106 Å². The Balaban J connectivity index is 1.59. The molecule has 4 nitrogen and oxygen atoms in total. The molecule has 0 spiro atoms. The minimum absolute atomic E-state index is 0.223. The van der Waals surface area contributed by atoms with Crippen LogP contribution in [0.15, 0.2) is 84.1 Å². The molecule has 4 aromatic rings. The zero-order valence-electron chi connectivity index (χ0n) is 16.0. The van der Waals surface area contributed by atoms with E-state index in [1.165, 1.54) is 0 Å². The SMILES string of the molecule is Cc1ccccc1C(=O)N/N=C/c1cn(Cc2ccccc2Cl)c2ccccc12. The maximum atomic E-state index is 12.4. The number of nitrogens with zero attached hydrogens (tertiary/aromatic N) is 2. The molecular weight excluding hydrogens is 382 g/mol. The molecule has 1 N–H and O–H groups in total. The van der Waals surface area contributed by atoms with Crippen molar-refractivity contribution in [1.82, 2.24) is 9.99 Å². The van der Waals surface area contributed by atoms with Crippen molar-refractivity contribution in [2.75, 3.05) is 0 Å². The third-order valence-corrected chi connectivity index (χ3v) is 5.25. The maximum Gasteiger partial charge on any atom is 0.271 e. The van der Waals surface area contributed by atoms with Gasteiger partial charge in [-0.05, 0) is 36.2 Å². The van der Waals surface area contributed by atoms with Crippen LogP contribution in [0.5, 0.6) is 0 Å². The van der Waals surface area contributed by atoms with Gasteiger partial charge in [0, 0.05) is 39.8 Å². The number of carbonyl (C=O) groups is 1. The van der Waals surface area contributed by atoms with E-state index in [1.54, 1.807) is 12.3 Å². The standard InChI is InChI=1S/C24H20ClN3O/c1-17-8-2-4-10-20(17)24(29)27-26-14-19-16-28(23-13-7-5-11-21(19)23)15-18-9-3-6-12-22(18)25/h2-14,16H,15H2,1H3,(H,27,29)/b26-14+. The molecule has 4 rings (SSSR count). The Hall–Kier alpha value is -3.37. The Morgan fingerprint density at radius 1 is 1.03 bits per heavy atom. The molecule has 5 heteroatoms. The monoisotopic (exact) mass is 401 g/mol. The second kappa shape index (κ2) is 8.33. The van der Waals surface area contributed by atoms with Crippen LogP contribution in [-0.4, -0.2) is 16.7 Å². The van der Waals surface area contributed by atoms with Gasteiger partial charge in [-0.1, -0.05) is 66.2 Å². The van der Waals surface area contributed by atoms with Crippen LogP contribution in [0.1, 0.15) is 27.0 Å². The summed E-state index contributed by atoms with van der Waals surface area (Å²) >= 11 is 6.33. The third kappa shape index (κ3) is 4.08. The number of amides is 1. The van der Waals surface area contributed by atoms with Gasteiger partial charge in [-0.25, -0.2) is 5.43 Å². The van der Waals surface area contributed by atoms with Gasteiger partial charge in [0.2, 0.25) is 0 Å². The number of aryl methyl sites for hydroxylation is 1. The second-order valence-corrected chi connectivity index (χ2v) is 7.24. The predicted molar refractivity (Wildman–Crippen MR) is 119 cm³/mol. The van der Waals surface area contributed by atoms with Gasteiger partial charge in [-0.2, -0.15) is 5.10 Å². The van der Waals surface area contributed by atoms with E-state index >= 15 is 0 Å². The highest BCUT2D eigenvalue weighted by molar-refractivity contribution is 6.31. The first-order valence-corrected chi connectivity index (χ1v) is 9.71. The highest BCUT2D eigenvalue weighted by Crippen LogP contribution is 2.23. The lowest BCUT2D eigenvalue weighted by Crippen LogP contribution is -2.18. The van der Waals surface area contributed by atoms with Gasteiger partial charge in [0.25, 0.3) is 5.91 Å². The maximum absolute atomic E-state index is 12.4. The van der Waals surface area contributed by atoms with Crippen molar-refractivity contribution in [2.24, 2.45) is 5.10 Å². The summed E-state index contributed by atoms with van der Waals surface area (Å²) < 4.78 is 2.14. The number of halogens is 1. The molecule has 0 saturated carbocycles. The Kier molecular flexibility index (Phi) is 5.45. The van der Waals surface area contributed by atoms with E-state index in [4.69, 9.17) is 11.6 Å². The normalized spacial score (nSPS) is 11.2. The number of hydrazone groups is 1. The van der Waals surface area contributed by atoms with Crippen LogP contribution in [0, 0.1) is 6.92 Å². The quantitative estimate of drug-likeness (QED) is 0.352. The fraction of sp³-hybridized carbons (Fsp3) is 0.0833. The van der Waals surface area contributed by atoms with Gasteiger partial charge in [-0.15, -0.1) is 0 Å². The van der Waals surface area contributed by atoms with Crippen LogP contribution >= 0.6 is 11.6 Å². The van der Waals surface area contributed by atoms with Crippen molar-refractivity contribution >= 4 is 34.6 Å². The van der Waals surface area contributed by atoms with E-state index in [-0.39, 0.29) is 5.91 Å². The smallest absolute Gasteiger partial charge is 0.271 e. The molecule has 0 unspecified atom stereocenters. The summed E-state index contributed by atoms with van der Waals surface area (Å²) in [6, 6.07) is 23.4. The summed E-state index contributed by atoms with van der Waals surface area (Å²) in [5.41, 5.74) is 7.21. The first-order valence-electron chi connectivity index (χ1n) is 9.34. The number of carbonyl (C=O) groups excluding carboxylic acids is 1. The van der Waals surface area contributed by atoms with Gasteiger partial charge >= 0.3 is 0 Å². The molecule has 3 aromatic carbocycles. The topological polar surface area (TPSA) is 46.4 Å². The minimum Gasteiger partial charge on any atom is -0.342 e. The summed E-state index contributed by atoms with van der Waals surface area (Å²) in [6.45, 7) is 2.56. The number of fused-ring (bicyclic) bond motifs is 1. The van der Waals surface area contributed by atoms with E-state index < -0.39 is 0 Å². The predicted octanol–water partition coefficient (Wildman–Crippen LogP) is 5.42. The zero-order valence-corrected chi connectivity index (χ0v) is 16.7. The van der Waals surface area contributed by atoms with Crippen molar-refractivity contribution in [3.8, 4) is 0 Å². The molecule has 0 aliphatic carbocycles. The molecule has 29 heavy (non-hydrogen) atoms. The number of aromatic nitrogens is 1. The Bertz CT molecular complexity index is 1210. The largest absolute Gasteiger partial charge is 0.342 e. The van der Waals surface area contributed by atoms with Crippen LogP contribution in [0.4, 0.5) is 0 Å². The molecule has 0 saturated heterocycles. The minimum atomic E-state index is -0.223. The summed E-state index contributed by atoms with van der Waals surface area (Å²) in [5.74, 6) is -0.223.